The van der Waals surface area contributed by atoms with Crippen molar-refractivity contribution in [2.24, 2.45) is 5.84 Å². The molecule has 1 atom stereocenters. The van der Waals surface area contributed by atoms with Crippen LogP contribution in [0.15, 0.2) is 30.9 Å². The standard InChI is InChI=1S/C11H16N2/c1-4-11(13-12)10-7-8(2)5-6-9(10)3/h4-7,11,13H,1,12H2,2-3H3. The van der Waals surface area contributed by atoms with Gasteiger partial charge in [0.1, 0.15) is 0 Å². The van der Waals surface area contributed by atoms with Gasteiger partial charge in [0.15, 0.2) is 0 Å². The molecule has 0 bridgehead atoms. The van der Waals surface area contributed by atoms with Crippen LogP contribution >= 0.6 is 0 Å². The maximum absolute atomic E-state index is 5.41. The van der Waals surface area contributed by atoms with Crippen molar-refractivity contribution >= 4 is 0 Å². The largest absolute Gasteiger partial charge is 0.271 e. The van der Waals surface area contributed by atoms with Gasteiger partial charge in [0.05, 0.1) is 6.04 Å². The maximum Gasteiger partial charge on any atom is 0.0640 e. The van der Waals surface area contributed by atoms with E-state index in [2.05, 4.69) is 44.1 Å². The van der Waals surface area contributed by atoms with Gasteiger partial charge in [0.25, 0.3) is 0 Å². The first kappa shape index (κ1) is 9.96. The van der Waals surface area contributed by atoms with Gasteiger partial charge < -0.3 is 0 Å². The number of hydrazine groups is 1. The average molecular weight is 176 g/mol. The maximum atomic E-state index is 5.41. The highest BCUT2D eigenvalue weighted by Gasteiger charge is 2.07. The Morgan fingerprint density at radius 3 is 2.69 bits per heavy atom. The zero-order valence-corrected chi connectivity index (χ0v) is 8.17. The highest BCUT2D eigenvalue weighted by atomic mass is 15.2. The van der Waals surface area contributed by atoms with E-state index in [0.29, 0.717) is 0 Å². The summed E-state index contributed by atoms with van der Waals surface area (Å²) < 4.78 is 0. The summed E-state index contributed by atoms with van der Waals surface area (Å²) in [5.74, 6) is 5.41. The molecule has 1 unspecified atom stereocenters. The van der Waals surface area contributed by atoms with E-state index in [4.69, 9.17) is 5.84 Å². The van der Waals surface area contributed by atoms with Crippen molar-refractivity contribution in [3.05, 3.63) is 47.5 Å². The molecule has 0 amide bonds. The Labute approximate surface area is 79.4 Å². The lowest BCUT2D eigenvalue weighted by atomic mass is 9.99. The molecule has 0 aliphatic rings. The molecule has 1 rings (SSSR count). The predicted molar refractivity (Wildman–Crippen MR) is 56.2 cm³/mol. The Hall–Kier alpha value is -1.12. The fourth-order valence-electron chi connectivity index (χ4n) is 1.38. The van der Waals surface area contributed by atoms with Gasteiger partial charge in [-0.15, -0.1) is 6.58 Å². The molecule has 1 aromatic carbocycles. The molecule has 0 fully saturated rings. The number of benzene rings is 1. The fraction of sp³-hybridized carbons (Fsp3) is 0.273. The van der Waals surface area contributed by atoms with Crippen LogP contribution in [0.4, 0.5) is 0 Å². The summed E-state index contributed by atoms with van der Waals surface area (Å²) in [7, 11) is 0. The van der Waals surface area contributed by atoms with Crippen molar-refractivity contribution in [2.45, 2.75) is 19.9 Å². The van der Waals surface area contributed by atoms with Crippen LogP contribution in [0.5, 0.6) is 0 Å². The SMILES string of the molecule is C=CC(NN)c1cc(C)ccc1C. The molecule has 2 heteroatoms. The molecule has 3 N–H and O–H groups in total. The second-order valence-electron chi connectivity index (χ2n) is 3.24. The fourth-order valence-corrected chi connectivity index (χ4v) is 1.38. The number of rotatable bonds is 3. The number of nitrogens with two attached hydrogens (primary N) is 1. The van der Waals surface area contributed by atoms with Gasteiger partial charge >= 0.3 is 0 Å². The van der Waals surface area contributed by atoms with Gasteiger partial charge in [-0.05, 0) is 25.0 Å². The molecule has 0 saturated heterocycles. The molecular formula is C11H16N2. The Morgan fingerprint density at radius 2 is 2.15 bits per heavy atom. The summed E-state index contributed by atoms with van der Waals surface area (Å²) in [5.41, 5.74) is 6.38. The van der Waals surface area contributed by atoms with Crippen LogP contribution in [-0.4, -0.2) is 0 Å². The molecule has 2 nitrogen and oxygen atoms in total. The Kier molecular flexibility index (Phi) is 3.23. The van der Waals surface area contributed by atoms with Crippen LogP contribution in [0.1, 0.15) is 22.7 Å². The molecule has 0 aromatic heterocycles. The molecule has 0 aliphatic heterocycles. The third-order valence-electron chi connectivity index (χ3n) is 2.19. The quantitative estimate of drug-likeness (QED) is 0.420. The minimum absolute atomic E-state index is 0.0416. The molecule has 13 heavy (non-hydrogen) atoms. The topological polar surface area (TPSA) is 38.0 Å². The van der Waals surface area contributed by atoms with Crippen molar-refractivity contribution in [1.82, 2.24) is 5.43 Å². The zero-order chi connectivity index (χ0) is 9.84. The summed E-state index contributed by atoms with van der Waals surface area (Å²) in [4.78, 5) is 0. The van der Waals surface area contributed by atoms with Crippen molar-refractivity contribution in [2.75, 3.05) is 0 Å². The van der Waals surface area contributed by atoms with Crippen molar-refractivity contribution in [3.63, 3.8) is 0 Å². The van der Waals surface area contributed by atoms with Crippen LogP contribution in [0.3, 0.4) is 0 Å². The Morgan fingerprint density at radius 1 is 1.46 bits per heavy atom. The monoisotopic (exact) mass is 176 g/mol. The summed E-state index contributed by atoms with van der Waals surface area (Å²) in [5, 5.41) is 0. The number of hydrogen-bond acceptors (Lipinski definition) is 2. The zero-order valence-electron chi connectivity index (χ0n) is 8.17. The smallest absolute Gasteiger partial charge is 0.0640 e. The van der Waals surface area contributed by atoms with Gasteiger partial charge in [-0.2, -0.15) is 0 Å². The van der Waals surface area contributed by atoms with Crippen LogP contribution in [0.2, 0.25) is 0 Å². The summed E-state index contributed by atoms with van der Waals surface area (Å²) in [6.45, 7) is 7.88. The second kappa shape index (κ2) is 4.21. The van der Waals surface area contributed by atoms with Crippen LogP contribution < -0.4 is 11.3 Å². The minimum Gasteiger partial charge on any atom is -0.271 e. The lowest BCUT2D eigenvalue weighted by Crippen LogP contribution is -2.26. The van der Waals surface area contributed by atoms with Crippen LogP contribution in [0.25, 0.3) is 0 Å². The van der Waals surface area contributed by atoms with Gasteiger partial charge in [-0.25, -0.2) is 5.43 Å². The van der Waals surface area contributed by atoms with E-state index in [-0.39, 0.29) is 6.04 Å². The van der Waals surface area contributed by atoms with E-state index < -0.39 is 0 Å². The van der Waals surface area contributed by atoms with Crippen molar-refractivity contribution < 1.29 is 0 Å². The molecule has 0 heterocycles. The van der Waals surface area contributed by atoms with E-state index >= 15 is 0 Å². The third kappa shape index (κ3) is 2.17. The van der Waals surface area contributed by atoms with E-state index in [9.17, 15) is 0 Å². The average Bonchev–Trinajstić information content (AvgIpc) is 2.13. The molecular weight excluding hydrogens is 160 g/mol. The van der Waals surface area contributed by atoms with E-state index in [1.165, 1.54) is 16.7 Å². The Bertz CT molecular complexity index is 305. The lowest BCUT2D eigenvalue weighted by molar-refractivity contribution is 0.653. The van der Waals surface area contributed by atoms with Gasteiger partial charge in [-0.3, -0.25) is 5.84 Å². The highest BCUT2D eigenvalue weighted by Crippen LogP contribution is 2.18. The number of nitrogens with one attached hydrogen (secondary N) is 1. The molecule has 0 saturated carbocycles. The molecule has 1 aromatic rings. The normalized spacial score (nSPS) is 12.5. The van der Waals surface area contributed by atoms with Crippen LogP contribution in [-0.2, 0) is 0 Å². The van der Waals surface area contributed by atoms with Crippen LogP contribution in [0, 0.1) is 13.8 Å². The van der Waals surface area contributed by atoms with Gasteiger partial charge in [0, 0.05) is 0 Å². The van der Waals surface area contributed by atoms with Gasteiger partial charge in [-0.1, -0.05) is 29.8 Å². The lowest BCUT2D eigenvalue weighted by Gasteiger charge is -2.14. The number of aryl methyl sites for hydroxylation is 2. The first-order chi connectivity index (χ1) is 6.19. The van der Waals surface area contributed by atoms with Gasteiger partial charge in [0.2, 0.25) is 0 Å². The molecule has 0 radical (unpaired) electrons. The van der Waals surface area contributed by atoms with E-state index in [1.54, 1.807) is 0 Å². The number of hydrogen-bond donors (Lipinski definition) is 2. The first-order valence-electron chi connectivity index (χ1n) is 4.35. The van der Waals surface area contributed by atoms with E-state index in [0.717, 1.165) is 0 Å². The van der Waals surface area contributed by atoms with Crippen molar-refractivity contribution in [3.8, 4) is 0 Å². The first-order valence-corrected chi connectivity index (χ1v) is 4.35. The molecule has 0 spiro atoms. The summed E-state index contributed by atoms with van der Waals surface area (Å²) >= 11 is 0. The predicted octanol–water partition coefficient (Wildman–Crippen LogP) is 1.99. The minimum atomic E-state index is 0.0416. The molecule has 0 aliphatic carbocycles. The Balaban J connectivity index is 3.10. The summed E-state index contributed by atoms with van der Waals surface area (Å²) in [6, 6.07) is 6.36. The third-order valence-corrected chi connectivity index (χ3v) is 2.19. The summed E-state index contributed by atoms with van der Waals surface area (Å²) in [6.07, 6.45) is 1.81. The van der Waals surface area contributed by atoms with Crippen molar-refractivity contribution in [1.29, 1.82) is 0 Å². The van der Waals surface area contributed by atoms with E-state index in [1.807, 2.05) is 6.08 Å². The highest BCUT2D eigenvalue weighted by molar-refractivity contribution is 5.34. The second-order valence-corrected chi connectivity index (χ2v) is 3.24. The molecule has 70 valence electrons.